The minimum absolute atomic E-state index is 0.0406. The van der Waals surface area contributed by atoms with E-state index in [9.17, 15) is 13.6 Å². The molecule has 0 N–H and O–H groups in total. The number of aromatic nitrogens is 4. The lowest BCUT2D eigenvalue weighted by Crippen LogP contribution is -2.38. The van der Waals surface area contributed by atoms with Gasteiger partial charge in [0.15, 0.2) is 0 Å². The smallest absolute Gasteiger partial charge is 0.256 e. The molecule has 2 aromatic heterocycles. The predicted octanol–water partition coefficient (Wildman–Crippen LogP) is 6.94. The predicted molar refractivity (Wildman–Crippen MR) is 159 cm³/mol. The van der Waals surface area contributed by atoms with E-state index in [0.29, 0.717) is 36.5 Å². The third-order valence-corrected chi connectivity index (χ3v) is 8.25. The van der Waals surface area contributed by atoms with Gasteiger partial charge in [-0.15, -0.1) is 0 Å². The maximum absolute atomic E-state index is 14.0. The molecule has 1 amide bonds. The quantitative estimate of drug-likeness (QED) is 0.229. The molecule has 0 radical (unpaired) electrons. The molecule has 1 fully saturated rings. The first-order valence-corrected chi connectivity index (χ1v) is 14.2. The molecule has 0 saturated carbocycles. The van der Waals surface area contributed by atoms with Gasteiger partial charge < -0.3 is 9.47 Å². The van der Waals surface area contributed by atoms with Crippen LogP contribution in [0, 0.1) is 11.6 Å². The van der Waals surface area contributed by atoms with Crippen molar-refractivity contribution in [1.82, 2.24) is 24.2 Å². The van der Waals surface area contributed by atoms with Gasteiger partial charge in [0.25, 0.3) is 5.91 Å². The van der Waals surface area contributed by atoms with Gasteiger partial charge in [0.05, 0.1) is 22.1 Å². The fourth-order valence-electron chi connectivity index (χ4n) is 6.26. The van der Waals surface area contributed by atoms with Crippen LogP contribution < -0.4 is 0 Å². The highest BCUT2D eigenvalue weighted by Crippen LogP contribution is 2.34. The Morgan fingerprint density at radius 1 is 0.881 bits per heavy atom. The molecular weight excluding hydrogens is 532 g/mol. The molecule has 0 atom stereocenters. The van der Waals surface area contributed by atoms with Crippen molar-refractivity contribution >= 4 is 27.8 Å². The van der Waals surface area contributed by atoms with Gasteiger partial charge in [0.2, 0.25) is 0 Å². The van der Waals surface area contributed by atoms with Crippen molar-refractivity contribution in [3.63, 3.8) is 0 Å². The van der Waals surface area contributed by atoms with Crippen LogP contribution in [0.1, 0.15) is 40.5 Å². The lowest BCUT2D eigenvalue weighted by Gasteiger charge is -2.32. The maximum Gasteiger partial charge on any atom is 0.256 e. The van der Waals surface area contributed by atoms with E-state index in [4.69, 9.17) is 4.98 Å². The first-order valence-electron chi connectivity index (χ1n) is 14.2. The molecule has 0 unspecified atom stereocenters. The van der Waals surface area contributed by atoms with Crippen LogP contribution in [0.15, 0.2) is 91.0 Å². The topological polar surface area (TPSA) is 56.0 Å². The van der Waals surface area contributed by atoms with Crippen molar-refractivity contribution < 1.29 is 13.6 Å². The lowest BCUT2D eigenvalue weighted by molar-refractivity contribution is 0.0712. The highest BCUT2D eigenvalue weighted by molar-refractivity contribution is 6.08. The van der Waals surface area contributed by atoms with Gasteiger partial charge >= 0.3 is 0 Å². The second-order valence-corrected chi connectivity index (χ2v) is 10.9. The molecule has 6 nitrogen and oxygen atoms in total. The molecule has 1 aliphatic heterocycles. The van der Waals surface area contributed by atoms with E-state index in [1.54, 1.807) is 22.9 Å². The van der Waals surface area contributed by atoms with Crippen LogP contribution in [-0.2, 0) is 13.6 Å². The van der Waals surface area contributed by atoms with Crippen LogP contribution in [0.5, 0.6) is 0 Å². The lowest BCUT2D eigenvalue weighted by atomic mass is 9.95. The molecule has 0 aliphatic carbocycles. The zero-order valence-corrected chi connectivity index (χ0v) is 23.2. The van der Waals surface area contributed by atoms with Crippen LogP contribution in [0.2, 0.25) is 0 Å². The minimum atomic E-state index is -0.328. The number of halogens is 2. The number of imidazole rings is 1. The van der Waals surface area contributed by atoms with Crippen molar-refractivity contribution in [1.29, 1.82) is 0 Å². The number of piperidine rings is 1. The van der Waals surface area contributed by atoms with E-state index >= 15 is 0 Å². The number of aryl methyl sites for hydroxylation is 1. The Hall–Kier alpha value is -4.85. The molecular formula is C34H29F2N5O. The van der Waals surface area contributed by atoms with Gasteiger partial charge in [-0.05, 0) is 60.9 Å². The van der Waals surface area contributed by atoms with E-state index < -0.39 is 0 Å². The van der Waals surface area contributed by atoms with Gasteiger partial charge in [-0.1, -0.05) is 48.5 Å². The van der Waals surface area contributed by atoms with Gasteiger partial charge in [-0.3, -0.25) is 9.48 Å². The molecule has 7 rings (SSSR count). The number of fused-ring (bicyclic) bond motifs is 2. The average molecular weight is 562 g/mol. The Kier molecular flexibility index (Phi) is 6.53. The van der Waals surface area contributed by atoms with E-state index in [0.717, 1.165) is 46.2 Å². The molecule has 210 valence electrons. The largest absolute Gasteiger partial charge is 0.339 e. The monoisotopic (exact) mass is 561 g/mol. The first kappa shape index (κ1) is 26.1. The number of hydrogen-bond acceptors (Lipinski definition) is 3. The molecule has 3 heterocycles. The SMILES string of the molecule is Cn1nc(-c2cccc(F)c2)c2cccc(C(=O)N3CCC(c4nc5ccccc5n4Cc4cccc(F)c4)CC3)c21. The Morgan fingerprint density at radius 2 is 1.62 bits per heavy atom. The fourth-order valence-corrected chi connectivity index (χ4v) is 6.26. The Morgan fingerprint density at radius 3 is 2.40 bits per heavy atom. The Balaban J connectivity index is 1.15. The molecule has 8 heteroatoms. The number of nitrogens with zero attached hydrogens (tertiary/aromatic N) is 5. The zero-order valence-electron chi connectivity index (χ0n) is 23.2. The number of benzene rings is 4. The summed E-state index contributed by atoms with van der Waals surface area (Å²) in [6, 6.07) is 26.7. The number of amides is 1. The summed E-state index contributed by atoms with van der Waals surface area (Å²) in [6.07, 6.45) is 1.54. The summed E-state index contributed by atoms with van der Waals surface area (Å²) >= 11 is 0. The summed E-state index contributed by atoms with van der Waals surface area (Å²) in [5.41, 5.74) is 5.47. The molecule has 1 aliphatic rings. The number of rotatable bonds is 5. The minimum Gasteiger partial charge on any atom is -0.339 e. The molecule has 0 spiro atoms. The normalized spacial score (nSPS) is 14.2. The van der Waals surface area contributed by atoms with Crippen LogP contribution in [0.3, 0.4) is 0 Å². The Labute approximate surface area is 241 Å². The van der Waals surface area contributed by atoms with Crippen LogP contribution in [-0.4, -0.2) is 43.2 Å². The van der Waals surface area contributed by atoms with Crippen molar-refractivity contribution in [2.24, 2.45) is 7.05 Å². The van der Waals surface area contributed by atoms with Crippen molar-refractivity contribution in [2.45, 2.75) is 25.3 Å². The number of para-hydroxylation sites is 3. The zero-order chi connectivity index (χ0) is 28.8. The summed E-state index contributed by atoms with van der Waals surface area (Å²) in [5, 5.41) is 5.47. The van der Waals surface area contributed by atoms with Gasteiger partial charge in [0, 0.05) is 43.5 Å². The fraction of sp³-hybridized carbons (Fsp3) is 0.206. The van der Waals surface area contributed by atoms with Gasteiger partial charge in [0.1, 0.15) is 23.2 Å². The maximum atomic E-state index is 14.0. The van der Waals surface area contributed by atoms with Crippen LogP contribution in [0.25, 0.3) is 33.2 Å². The van der Waals surface area contributed by atoms with E-state index in [2.05, 4.69) is 15.7 Å². The van der Waals surface area contributed by atoms with Crippen molar-refractivity contribution in [3.8, 4) is 11.3 Å². The summed E-state index contributed by atoms with van der Waals surface area (Å²) in [5.74, 6) is 0.520. The van der Waals surface area contributed by atoms with Crippen LogP contribution in [0.4, 0.5) is 8.78 Å². The third-order valence-electron chi connectivity index (χ3n) is 8.25. The first-order chi connectivity index (χ1) is 20.5. The summed E-state index contributed by atoms with van der Waals surface area (Å²) < 4.78 is 31.8. The number of carbonyl (C=O) groups excluding carboxylic acids is 1. The molecule has 42 heavy (non-hydrogen) atoms. The van der Waals surface area contributed by atoms with Gasteiger partial charge in [-0.2, -0.15) is 5.10 Å². The number of likely N-dealkylation sites (tertiary alicyclic amines) is 1. The number of hydrogen-bond donors (Lipinski definition) is 0. The summed E-state index contributed by atoms with van der Waals surface area (Å²) in [6.45, 7) is 1.72. The Bertz CT molecular complexity index is 1950. The molecule has 1 saturated heterocycles. The molecule has 6 aromatic rings. The second kappa shape index (κ2) is 10.5. The second-order valence-electron chi connectivity index (χ2n) is 10.9. The highest BCUT2D eigenvalue weighted by Gasteiger charge is 2.30. The average Bonchev–Trinajstić information content (AvgIpc) is 3.54. The molecule has 0 bridgehead atoms. The van der Waals surface area contributed by atoms with E-state index in [-0.39, 0.29) is 23.5 Å². The van der Waals surface area contributed by atoms with E-state index in [1.165, 1.54) is 18.2 Å². The summed E-state index contributed by atoms with van der Waals surface area (Å²) in [4.78, 5) is 20.8. The van der Waals surface area contributed by atoms with Crippen molar-refractivity contribution in [2.75, 3.05) is 13.1 Å². The number of carbonyl (C=O) groups is 1. The molecule has 4 aromatic carbocycles. The van der Waals surface area contributed by atoms with Crippen molar-refractivity contribution in [3.05, 3.63) is 120 Å². The third kappa shape index (κ3) is 4.62. The summed E-state index contributed by atoms with van der Waals surface area (Å²) in [7, 11) is 1.82. The standard InChI is InChI=1S/C34H29F2N5O/c1-39-32-27(31(38-39)24-8-5-10-26(36)20-24)11-6-12-28(32)34(42)40-17-15-23(16-18-40)33-37-29-13-2-3-14-30(29)41(33)21-22-7-4-9-25(35)19-22/h2-14,19-20,23H,15-18,21H2,1H3. The van der Waals surface area contributed by atoms with Gasteiger partial charge in [-0.25, -0.2) is 13.8 Å². The highest BCUT2D eigenvalue weighted by atomic mass is 19.1. The van der Waals surface area contributed by atoms with Crippen LogP contribution >= 0.6 is 0 Å². The van der Waals surface area contributed by atoms with E-state index in [1.807, 2.05) is 60.5 Å².